The van der Waals surface area contributed by atoms with Crippen molar-refractivity contribution < 1.29 is 4.79 Å². The highest BCUT2D eigenvalue weighted by atomic mass is 79.9. The van der Waals surface area contributed by atoms with Gasteiger partial charge in [0.25, 0.3) is 5.91 Å². The van der Waals surface area contributed by atoms with Crippen LogP contribution in [-0.4, -0.2) is 5.91 Å². The molecule has 0 fully saturated rings. The molecule has 0 radical (unpaired) electrons. The molecule has 0 saturated carbocycles. The predicted molar refractivity (Wildman–Crippen MR) is 85.4 cm³/mol. The molecule has 1 aromatic heterocycles. The van der Waals surface area contributed by atoms with Crippen LogP contribution in [0.5, 0.6) is 0 Å². The molecule has 2 rings (SSSR count). The highest BCUT2D eigenvalue weighted by molar-refractivity contribution is 9.10. The number of thiophene rings is 1. The first-order valence-corrected chi connectivity index (χ1v) is 7.44. The molecule has 1 heterocycles. The molecule has 1 aromatic carbocycles. The molecule has 1 N–H and O–H groups in total. The molecule has 5 heteroatoms. The van der Waals surface area contributed by atoms with Crippen molar-refractivity contribution >= 4 is 44.9 Å². The summed E-state index contributed by atoms with van der Waals surface area (Å²) in [4.78, 5) is 14.1. The second-order valence-corrected chi connectivity index (χ2v) is 6.31. The Bertz CT molecular complexity index is 695. The van der Waals surface area contributed by atoms with E-state index >= 15 is 0 Å². The molecule has 0 aliphatic heterocycles. The van der Waals surface area contributed by atoms with Crippen LogP contribution < -0.4 is 5.32 Å². The fourth-order valence-electron chi connectivity index (χ4n) is 1.55. The smallest absolute Gasteiger partial charge is 0.266 e. The van der Waals surface area contributed by atoms with Crippen LogP contribution >= 0.6 is 27.3 Å². The van der Waals surface area contributed by atoms with E-state index in [0.717, 1.165) is 14.2 Å². The summed E-state index contributed by atoms with van der Waals surface area (Å²) in [5.41, 5.74) is 0.747. The lowest BCUT2D eigenvalue weighted by molar-refractivity contribution is -0.112. The number of nitriles is 1. The van der Waals surface area contributed by atoms with Gasteiger partial charge in [-0.05, 0) is 49.4 Å². The highest BCUT2D eigenvalue weighted by Crippen LogP contribution is 2.19. The van der Waals surface area contributed by atoms with E-state index in [2.05, 4.69) is 21.2 Å². The summed E-state index contributed by atoms with van der Waals surface area (Å²) < 4.78 is 0.931. The van der Waals surface area contributed by atoms with E-state index in [9.17, 15) is 4.79 Å². The monoisotopic (exact) mass is 346 g/mol. The van der Waals surface area contributed by atoms with Crippen LogP contribution in [0.1, 0.15) is 9.75 Å². The fourth-order valence-corrected chi connectivity index (χ4v) is 2.64. The van der Waals surface area contributed by atoms with E-state index in [1.807, 2.05) is 37.3 Å². The molecule has 0 unspecified atom stereocenters. The van der Waals surface area contributed by atoms with Crippen LogP contribution in [0.25, 0.3) is 6.08 Å². The molecular formula is C15H11BrN2OS. The average molecular weight is 347 g/mol. The maximum absolute atomic E-state index is 12.0. The van der Waals surface area contributed by atoms with E-state index < -0.39 is 5.91 Å². The number of hydrogen-bond acceptors (Lipinski definition) is 3. The zero-order chi connectivity index (χ0) is 14.5. The van der Waals surface area contributed by atoms with Crippen LogP contribution in [0.2, 0.25) is 0 Å². The molecular weight excluding hydrogens is 336 g/mol. The summed E-state index contributed by atoms with van der Waals surface area (Å²) in [6.07, 6.45) is 1.60. The number of nitrogens with zero attached hydrogens (tertiary/aromatic N) is 1. The van der Waals surface area contributed by atoms with Gasteiger partial charge in [0.05, 0.1) is 0 Å². The van der Waals surface area contributed by atoms with Crippen molar-refractivity contribution in [2.75, 3.05) is 5.32 Å². The Morgan fingerprint density at radius 2 is 2.00 bits per heavy atom. The quantitative estimate of drug-likeness (QED) is 0.662. The number of hydrogen-bond donors (Lipinski definition) is 1. The minimum absolute atomic E-state index is 0.0924. The summed E-state index contributed by atoms with van der Waals surface area (Å²) in [5, 5.41) is 11.8. The summed E-state index contributed by atoms with van der Waals surface area (Å²) in [6.45, 7) is 1.98. The largest absolute Gasteiger partial charge is 0.321 e. The molecule has 3 nitrogen and oxygen atoms in total. The fraction of sp³-hybridized carbons (Fsp3) is 0.0667. The Morgan fingerprint density at radius 3 is 2.55 bits per heavy atom. The topological polar surface area (TPSA) is 52.9 Å². The number of benzene rings is 1. The number of amides is 1. The maximum Gasteiger partial charge on any atom is 0.266 e. The zero-order valence-electron chi connectivity index (χ0n) is 10.7. The van der Waals surface area contributed by atoms with Crippen molar-refractivity contribution in [2.45, 2.75) is 6.92 Å². The van der Waals surface area contributed by atoms with Gasteiger partial charge in [-0.15, -0.1) is 11.3 Å². The number of carbonyl (C=O) groups is 1. The van der Waals surface area contributed by atoms with Gasteiger partial charge < -0.3 is 5.32 Å². The molecule has 0 bridgehead atoms. The first-order valence-electron chi connectivity index (χ1n) is 5.83. The molecule has 2 aromatic rings. The number of halogens is 1. The first-order chi connectivity index (χ1) is 9.58. The number of rotatable bonds is 3. The molecule has 0 spiro atoms. The van der Waals surface area contributed by atoms with Gasteiger partial charge in [-0.3, -0.25) is 4.79 Å². The van der Waals surface area contributed by atoms with Crippen LogP contribution in [0.15, 0.2) is 46.4 Å². The second-order valence-electron chi connectivity index (χ2n) is 4.08. The lowest BCUT2D eigenvalue weighted by Gasteiger charge is -2.03. The number of nitrogens with one attached hydrogen (secondary N) is 1. The number of carbonyl (C=O) groups excluding carboxylic acids is 1. The molecule has 100 valence electrons. The van der Waals surface area contributed by atoms with Crippen LogP contribution in [-0.2, 0) is 4.79 Å². The first kappa shape index (κ1) is 14.5. The minimum atomic E-state index is -0.402. The van der Waals surface area contributed by atoms with E-state index in [-0.39, 0.29) is 5.57 Å². The Morgan fingerprint density at radius 1 is 1.30 bits per heavy atom. The summed E-state index contributed by atoms with van der Waals surface area (Å²) in [6, 6.07) is 13.0. The Labute approximate surface area is 129 Å². The van der Waals surface area contributed by atoms with Gasteiger partial charge >= 0.3 is 0 Å². The standard InChI is InChI=1S/C15H11BrN2OS/c1-10-2-7-14(20-10)8-11(9-17)15(19)18-13-5-3-12(16)4-6-13/h2-8H,1H3,(H,18,19)/b11-8+. The molecule has 0 aliphatic rings. The predicted octanol–water partition coefficient (Wildman–Crippen LogP) is 4.36. The van der Waals surface area contributed by atoms with Crippen molar-refractivity contribution in [2.24, 2.45) is 0 Å². The van der Waals surface area contributed by atoms with Gasteiger partial charge in [0.2, 0.25) is 0 Å². The molecule has 0 saturated heterocycles. The van der Waals surface area contributed by atoms with Crippen molar-refractivity contribution in [1.29, 1.82) is 5.26 Å². The van der Waals surface area contributed by atoms with E-state index in [0.29, 0.717) is 5.69 Å². The van der Waals surface area contributed by atoms with Crippen LogP contribution in [0.4, 0.5) is 5.69 Å². The minimum Gasteiger partial charge on any atom is -0.321 e. The van der Waals surface area contributed by atoms with Gasteiger partial charge in [-0.25, -0.2) is 0 Å². The van der Waals surface area contributed by atoms with E-state index in [4.69, 9.17) is 5.26 Å². The second kappa shape index (κ2) is 6.51. The number of aryl methyl sites for hydroxylation is 1. The summed E-state index contributed by atoms with van der Waals surface area (Å²) in [7, 11) is 0. The van der Waals surface area contributed by atoms with Gasteiger partial charge in [0, 0.05) is 19.9 Å². The molecule has 0 atom stereocenters. The van der Waals surface area contributed by atoms with Gasteiger partial charge in [0.1, 0.15) is 11.6 Å². The summed E-state index contributed by atoms with van der Waals surface area (Å²) >= 11 is 4.87. The third-order valence-electron chi connectivity index (χ3n) is 2.51. The zero-order valence-corrected chi connectivity index (χ0v) is 13.1. The maximum atomic E-state index is 12.0. The lowest BCUT2D eigenvalue weighted by Crippen LogP contribution is -2.13. The lowest BCUT2D eigenvalue weighted by atomic mass is 10.2. The SMILES string of the molecule is Cc1ccc(/C=C(\C#N)C(=O)Nc2ccc(Br)cc2)s1. The molecule has 0 aliphatic carbocycles. The van der Waals surface area contributed by atoms with Gasteiger partial charge in [-0.1, -0.05) is 15.9 Å². The Balaban J connectivity index is 2.16. The Kier molecular flexibility index (Phi) is 4.72. The number of anilines is 1. The van der Waals surface area contributed by atoms with Crippen LogP contribution in [0, 0.1) is 18.3 Å². The third-order valence-corrected chi connectivity index (χ3v) is 3.99. The normalized spacial score (nSPS) is 10.9. The molecule has 1 amide bonds. The third kappa shape index (κ3) is 3.80. The van der Waals surface area contributed by atoms with Crippen molar-refractivity contribution in [3.63, 3.8) is 0 Å². The van der Waals surface area contributed by atoms with Crippen LogP contribution in [0.3, 0.4) is 0 Å². The van der Waals surface area contributed by atoms with Gasteiger partial charge in [0.15, 0.2) is 0 Å². The van der Waals surface area contributed by atoms with Gasteiger partial charge in [-0.2, -0.15) is 5.26 Å². The molecule has 20 heavy (non-hydrogen) atoms. The van der Waals surface area contributed by atoms with E-state index in [1.54, 1.807) is 29.5 Å². The summed E-state index contributed by atoms with van der Waals surface area (Å²) in [5.74, 6) is -0.402. The van der Waals surface area contributed by atoms with Crippen molar-refractivity contribution in [3.05, 3.63) is 56.2 Å². The van der Waals surface area contributed by atoms with Crippen molar-refractivity contribution in [3.8, 4) is 6.07 Å². The highest BCUT2D eigenvalue weighted by Gasteiger charge is 2.10. The Hall–Kier alpha value is -1.90. The van der Waals surface area contributed by atoms with Crippen molar-refractivity contribution in [1.82, 2.24) is 0 Å². The van der Waals surface area contributed by atoms with E-state index in [1.165, 1.54) is 0 Å². The average Bonchev–Trinajstić information content (AvgIpc) is 2.84.